The molecule has 2 aromatic rings. The van der Waals surface area contributed by atoms with E-state index in [9.17, 15) is 9.59 Å². The second-order valence-electron chi connectivity index (χ2n) is 6.09. The molecule has 0 amide bonds. The second-order valence-corrected chi connectivity index (χ2v) is 8.96. The Morgan fingerprint density at radius 3 is 2.65 bits per heavy atom. The van der Waals surface area contributed by atoms with Crippen LogP contribution in [0.25, 0.3) is 6.08 Å². The van der Waals surface area contributed by atoms with E-state index >= 15 is 0 Å². The van der Waals surface area contributed by atoms with E-state index in [-0.39, 0.29) is 18.2 Å². The van der Waals surface area contributed by atoms with Gasteiger partial charge in [-0.15, -0.1) is 0 Å². The van der Waals surface area contributed by atoms with E-state index in [1.54, 1.807) is 18.2 Å². The Hall–Kier alpha value is -1.92. The van der Waals surface area contributed by atoms with Crippen LogP contribution in [0.4, 0.5) is 0 Å². The lowest BCUT2D eigenvalue weighted by Gasteiger charge is -2.14. The molecule has 0 fully saturated rings. The standard InChI is InChI=1S/C21H16Br2INO6/c1-3-29-17-8-11(6-14(23)19(17)30-10-18(26)28-2)7-16-21(27)31-20(25-16)12-4-5-15(24)13(22)9-12/h4-9H,3,10H2,1-2H3/b16-7-. The molecule has 0 aliphatic carbocycles. The molecule has 0 unspecified atom stereocenters. The first-order valence-electron chi connectivity index (χ1n) is 8.96. The molecule has 0 saturated heterocycles. The van der Waals surface area contributed by atoms with Gasteiger partial charge in [0.15, 0.2) is 23.8 Å². The zero-order chi connectivity index (χ0) is 22.5. The summed E-state index contributed by atoms with van der Waals surface area (Å²) < 4.78 is 23.6. The summed E-state index contributed by atoms with van der Waals surface area (Å²) in [5, 5.41) is 0. The number of methoxy groups -OCH3 is 1. The van der Waals surface area contributed by atoms with Crippen LogP contribution < -0.4 is 9.47 Å². The maximum Gasteiger partial charge on any atom is 0.363 e. The van der Waals surface area contributed by atoms with E-state index in [4.69, 9.17) is 14.2 Å². The van der Waals surface area contributed by atoms with Crippen molar-refractivity contribution in [1.82, 2.24) is 0 Å². The Morgan fingerprint density at radius 2 is 1.97 bits per heavy atom. The summed E-state index contributed by atoms with van der Waals surface area (Å²) in [4.78, 5) is 28.1. The summed E-state index contributed by atoms with van der Waals surface area (Å²) in [5.41, 5.74) is 1.48. The van der Waals surface area contributed by atoms with Gasteiger partial charge in [-0.3, -0.25) is 0 Å². The average molecular weight is 665 g/mol. The number of carbonyl (C=O) groups is 2. The van der Waals surface area contributed by atoms with Crippen LogP contribution >= 0.6 is 54.5 Å². The fraction of sp³-hybridized carbons (Fsp3) is 0.190. The van der Waals surface area contributed by atoms with Crippen LogP contribution in [0.15, 0.2) is 50.0 Å². The maximum absolute atomic E-state index is 12.3. The normalized spacial score (nSPS) is 14.3. The number of hydrogen-bond donors (Lipinski definition) is 0. The molecule has 2 aromatic carbocycles. The Kier molecular flexibility index (Phi) is 8.11. The van der Waals surface area contributed by atoms with Gasteiger partial charge in [0, 0.05) is 13.6 Å². The van der Waals surface area contributed by atoms with Crippen molar-refractivity contribution < 1.29 is 28.5 Å². The van der Waals surface area contributed by atoms with Crippen molar-refractivity contribution in [3.63, 3.8) is 0 Å². The summed E-state index contributed by atoms with van der Waals surface area (Å²) in [6.07, 6.45) is 1.59. The van der Waals surface area contributed by atoms with Gasteiger partial charge in [0.1, 0.15) is 0 Å². The van der Waals surface area contributed by atoms with Gasteiger partial charge in [0.05, 0.1) is 18.2 Å². The number of carbonyl (C=O) groups excluding carboxylic acids is 2. The molecule has 1 aliphatic heterocycles. The molecule has 31 heavy (non-hydrogen) atoms. The Morgan fingerprint density at radius 1 is 1.19 bits per heavy atom. The van der Waals surface area contributed by atoms with E-state index < -0.39 is 11.9 Å². The van der Waals surface area contributed by atoms with E-state index in [1.165, 1.54) is 7.11 Å². The van der Waals surface area contributed by atoms with Gasteiger partial charge in [-0.05, 0) is 103 Å². The third-order valence-electron chi connectivity index (χ3n) is 3.98. The maximum atomic E-state index is 12.3. The van der Waals surface area contributed by atoms with E-state index in [2.05, 4.69) is 64.2 Å². The summed E-state index contributed by atoms with van der Waals surface area (Å²) in [7, 11) is 1.28. The van der Waals surface area contributed by atoms with Gasteiger partial charge < -0.3 is 18.9 Å². The lowest BCUT2D eigenvalue weighted by atomic mass is 10.1. The van der Waals surface area contributed by atoms with Crippen molar-refractivity contribution in [3.8, 4) is 11.5 Å². The fourth-order valence-corrected chi connectivity index (χ4v) is 3.87. The lowest BCUT2D eigenvalue weighted by molar-refractivity contribution is -0.143. The summed E-state index contributed by atoms with van der Waals surface area (Å²) in [6.45, 7) is 1.95. The Labute approximate surface area is 209 Å². The van der Waals surface area contributed by atoms with Gasteiger partial charge >= 0.3 is 11.9 Å². The first kappa shape index (κ1) is 23.7. The summed E-state index contributed by atoms with van der Waals surface area (Å²) in [5.74, 6) is -0.0697. The zero-order valence-corrected chi connectivity index (χ0v) is 21.7. The van der Waals surface area contributed by atoms with Gasteiger partial charge in [-0.1, -0.05) is 0 Å². The van der Waals surface area contributed by atoms with Crippen molar-refractivity contribution in [3.05, 3.63) is 59.7 Å². The summed E-state index contributed by atoms with van der Waals surface area (Å²) in [6, 6.07) is 8.99. The first-order chi connectivity index (χ1) is 14.8. The number of benzene rings is 2. The molecule has 3 rings (SSSR count). The molecule has 1 heterocycles. The van der Waals surface area contributed by atoms with Gasteiger partial charge in [0.25, 0.3) is 0 Å². The second kappa shape index (κ2) is 10.6. The topological polar surface area (TPSA) is 83.4 Å². The molecule has 10 heteroatoms. The van der Waals surface area contributed by atoms with Crippen LogP contribution in [0, 0.1) is 3.57 Å². The largest absolute Gasteiger partial charge is 0.490 e. The van der Waals surface area contributed by atoms with Gasteiger partial charge in [-0.2, -0.15) is 0 Å². The minimum Gasteiger partial charge on any atom is -0.490 e. The average Bonchev–Trinajstić information content (AvgIpc) is 3.09. The minimum atomic E-state index is -0.551. The zero-order valence-electron chi connectivity index (χ0n) is 16.4. The summed E-state index contributed by atoms with van der Waals surface area (Å²) >= 11 is 9.08. The van der Waals surface area contributed by atoms with E-state index in [1.807, 2.05) is 25.1 Å². The highest BCUT2D eigenvalue weighted by Crippen LogP contribution is 2.38. The number of nitrogens with zero attached hydrogens (tertiary/aromatic N) is 1. The van der Waals surface area contributed by atoms with Crippen LogP contribution in [-0.4, -0.2) is 38.2 Å². The van der Waals surface area contributed by atoms with Gasteiger partial charge in [-0.25, -0.2) is 14.6 Å². The number of halogens is 3. The molecule has 0 spiro atoms. The predicted octanol–water partition coefficient (Wildman–Crippen LogP) is 5.11. The number of esters is 2. The molecular formula is C21H16Br2INO6. The molecule has 7 nitrogen and oxygen atoms in total. The predicted molar refractivity (Wildman–Crippen MR) is 130 cm³/mol. The van der Waals surface area contributed by atoms with Crippen molar-refractivity contribution in [2.75, 3.05) is 20.3 Å². The third kappa shape index (κ3) is 5.86. The van der Waals surface area contributed by atoms with E-state index in [0.29, 0.717) is 33.7 Å². The number of ether oxygens (including phenoxy) is 4. The van der Waals surface area contributed by atoms with Crippen LogP contribution in [0.3, 0.4) is 0 Å². The van der Waals surface area contributed by atoms with Crippen molar-refractivity contribution >= 4 is 78.4 Å². The highest BCUT2D eigenvalue weighted by molar-refractivity contribution is 14.1. The Balaban J connectivity index is 1.92. The number of rotatable bonds is 7. The lowest BCUT2D eigenvalue weighted by Crippen LogP contribution is -2.13. The molecule has 0 bridgehead atoms. The molecule has 1 aliphatic rings. The molecule has 0 radical (unpaired) electrons. The molecule has 162 valence electrons. The van der Waals surface area contributed by atoms with E-state index in [0.717, 1.165) is 8.04 Å². The first-order valence-corrected chi connectivity index (χ1v) is 11.6. The molecular weight excluding hydrogens is 649 g/mol. The third-order valence-corrected chi connectivity index (χ3v) is 6.91. The monoisotopic (exact) mass is 663 g/mol. The number of aliphatic imine (C=N–C) groups is 1. The van der Waals surface area contributed by atoms with Crippen LogP contribution in [-0.2, 0) is 19.1 Å². The molecule has 0 aromatic heterocycles. The van der Waals surface area contributed by atoms with Crippen LogP contribution in [0.5, 0.6) is 11.5 Å². The Bertz CT molecular complexity index is 1100. The van der Waals surface area contributed by atoms with Gasteiger partial charge in [0.2, 0.25) is 5.90 Å². The number of hydrogen-bond acceptors (Lipinski definition) is 7. The molecule has 0 saturated carbocycles. The fourth-order valence-electron chi connectivity index (χ4n) is 2.58. The SMILES string of the molecule is CCOc1cc(/C=C2\N=C(c3ccc(I)c(Br)c3)OC2=O)cc(Br)c1OCC(=O)OC. The van der Waals surface area contributed by atoms with Crippen LogP contribution in [0.2, 0.25) is 0 Å². The van der Waals surface area contributed by atoms with Crippen molar-refractivity contribution in [2.45, 2.75) is 6.92 Å². The quantitative estimate of drug-likeness (QED) is 0.233. The highest BCUT2D eigenvalue weighted by atomic mass is 127. The smallest absolute Gasteiger partial charge is 0.363 e. The number of cyclic esters (lactones) is 1. The van der Waals surface area contributed by atoms with Crippen molar-refractivity contribution in [2.24, 2.45) is 4.99 Å². The molecule has 0 N–H and O–H groups in total. The minimum absolute atomic E-state index is 0.155. The molecule has 0 atom stereocenters. The highest BCUT2D eigenvalue weighted by Gasteiger charge is 2.25. The van der Waals surface area contributed by atoms with Crippen LogP contribution in [0.1, 0.15) is 18.1 Å². The van der Waals surface area contributed by atoms with Crippen molar-refractivity contribution in [1.29, 1.82) is 0 Å².